The quantitative estimate of drug-likeness (QED) is 0.565. The lowest BCUT2D eigenvalue weighted by Crippen LogP contribution is -2.55. The van der Waals surface area contributed by atoms with Crippen molar-refractivity contribution in [3.63, 3.8) is 0 Å². The van der Waals surface area contributed by atoms with Crippen LogP contribution in [0.5, 0.6) is 0 Å². The number of rotatable bonds is 6. The molecule has 3 rings (SSSR count). The maximum atomic E-state index is 13.1. The molecule has 0 aromatic heterocycles. The van der Waals surface area contributed by atoms with Crippen LogP contribution in [0.1, 0.15) is 78.6 Å². The Morgan fingerprint density at radius 1 is 1.21 bits per heavy atom. The molecule has 0 aromatic carbocycles. The molecular formula is C21H37ClN4O3. The third-order valence-corrected chi connectivity index (χ3v) is 7.76. The molecule has 0 aromatic rings. The van der Waals surface area contributed by atoms with Crippen LogP contribution in [-0.4, -0.2) is 46.9 Å². The van der Waals surface area contributed by atoms with Gasteiger partial charge in [-0.2, -0.15) is 0 Å². The van der Waals surface area contributed by atoms with E-state index in [1.54, 1.807) is 0 Å². The van der Waals surface area contributed by atoms with Crippen LogP contribution in [-0.2, 0) is 9.59 Å². The Morgan fingerprint density at radius 2 is 1.79 bits per heavy atom. The van der Waals surface area contributed by atoms with Crippen LogP contribution in [0.4, 0.5) is 4.79 Å². The highest BCUT2D eigenvalue weighted by atomic mass is 35.5. The molecule has 0 bridgehead atoms. The Kier molecular flexibility index (Phi) is 7.26. The summed E-state index contributed by atoms with van der Waals surface area (Å²) in [6.45, 7) is 6.91. The number of amides is 4. The molecule has 1 heterocycles. The number of carbonyl (C=O) groups excluding carboxylic acids is 3. The van der Waals surface area contributed by atoms with Gasteiger partial charge < -0.3 is 16.4 Å². The number of nitrogens with zero attached hydrogens (tertiary/aromatic N) is 1. The van der Waals surface area contributed by atoms with Gasteiger partial charge in [0, 0.05) is 6.54 Å². The number of hydrogen-bond donors (Lipinski definition) is 3. The number of imide groups is 1. The number of nitrogens with two attached hydrogens (primary N) is 1. The fraction of sp³-hybridized carbons (Fsp3) is 0.857. The zero-order valence-corrected chi connectivity index (χ0v) is 18.8. The number of carbonyl (C=O) groups is 3. The van der Waals surface area contributed by atoms with Crippen molar-refractivity contribution < 1.29 is 14.4 Å². The van der Waals surface area contributed by atoms with Crippen LogP contribution < -0.4 is 16.4 Å². The van der Waals surface area contributed by atoms with Crippen molar-refractivity contribution in [2.45, 2.75) is 89.6 Å². The summed E-state index contributed by atoms with van der Waals surface area (Å²) in [5, 5.41) is 5.91. The molecule has 0 atom stereocenters. The zero-order valence-electron chi connectivity index (χ0n) is 18.0. The summed E-state index contributed by atoms with van der Waals surface area (Å²) in [7, 11) is 0. The van der Waals surface area contributed by atoms with E-state index in [9.17, 15) is 14.4 Å². The first-order chi connectivity index (χ1) is 13.2. The Hall–Kier alpha value is -1.34. The predicted octanol–water partition coefficient (Wildman–Crippen LogP) is 2.71. The van der Waals surface area contributed by atoms with E-state index in [-0.39, 0.29) is 41.7 Å². The topological polar surface area (TPSA) is 105 Å². The first-order valence-corrected chi connectivity index (χ1v) is 10.8. The zero-order chi connectivity index (χ0) is 20.6. The minimum absolute atomic E-state index is 0. The van der Waals surface area contributed by atoms with Gasteiger partial charge in [0.2, 0.25) is 5.91 Å². The molecular weight excluding hydrogens is 392 g/mol. The van der Waals surface area contributed by atoms with Crippen LogP contribution in [0.3, 0.4) is 0 Å². The maximum absolute atomic E-state index is 13.1. The number of halogens is 1. The van der Waals surface area contributed by atoms with Gasteiger partial charge in [-0.1, -0.05) is 40.0 Å². The largest absolute Gasteiger partial charge is 0.348 e. The van der Waals surface area contributed by atoms with Crippen LogP contribution in [0.25, 0.3) is 0 Å². The van der Waals surface area contributed by atoms with Gasteiger partial charge in [0.25, 0.3) is 5.91 Å². The lowest BCUT2D eigenvalue weighted by molar-refractivity contribution is -0.136. The van der Waals surface area contributed by atoms with Gasteiger partial charge in [-0.3, -0.25) is 14.5 Å². The standard InChI is InChI=1S/C21H36N4O3.ClH/c1-4-19(2,3)15-7-11-21(12-8-15)17(27)25(18(28)24-21)13-16(26)23-20(14-22)9-5-6-10-20;/h15H,4-14,22H2,1-3H3,(H,23,26)(H,24,28);1H. The Bertz CT molecular complexity index is 638. The second-order valence-corrected chi connectivity index (χ2v) is 9.76. The Labute approximate surface area is 180 Å². The van der Waals surface area contributed by atoms with Gasteiger partial charge in [-0.15, -0.1) is 12.4 Å². The normalized spacial score (nSPS) is 29.0. The molecule has 29 heavy (non-hydrogen) atoms. The van der Waals surface area contributed by atoms with Crippen molar-refractivity contribution in [1.82, 2.24) is 15.5 Å². The smallest absolute Gasteiger partial charge is 0.325 e. The number of hydrogen-bond acceptors (Lipinski definition) is 4. The second-order valence-electron chi connectivity index (χ2n) is 9.76. The molecule has 7 nitrogen and oxygen atoms in total. The molecule has 2 saturated carbocycles. The molecule has 3 fully saturated rings. The van der Waals surface area contributed by atoms with Crippen molar-refractivity contribution in [2.24, 2.45) is 17.1 Å². The van der Waals surface area contributed by atoms with Crippen molar-refractivity contribution in [3.8, 4) is 0 Å². The molecule has 0 unspecified atom stereocenters. The molecule has 1 aliphatic heterocycles. The number of nitrogens with one attached hydrogen (secondary N) is 2. The molecule has 3 aliphatic rings. The molecule has 1 saturated heterocycles. The second kappa shape index (κ2) is 8.80. The lowest BCUT2D eigenvalue weighted by atomic mass is 9.65. The van der Waals surface area contributed by atoms with E-state index in [0.717, 1.165) is 49.8 Å². The van der Waals surface area contributed by atoms with E-state index in [1.165, 1.54) is 0 Å². The summed E-state index contributed by atoms with van der Waals surface area (Å²) >= 11 is 0. The maximum Gasteiger partial charge on any atom is 0.325 e. The minimum Gasteiger partial charge on any atom is -0.348 e. The van der Waals surface area contributed by atoms with Gasteiger partial charge in [0.15, 0.2) is 0 Å². The minimum atomic E-state index is -0.823. The van der Waals surface area contributed by atoms with E-state index >= 15 is 0 Å². The fourth-order valence-corrected chi connectivity index (χ4v) is 5.25. The van der Waals surface area contributed by atoms with Gasteiger partial charge in [0.05, 0.1) is 5.54 Å². The van der Waals surface area contributed by atoms with E-state index in [0.29, 0.717) is 25.3 Å². The van der Waals surface area contributed by atoms with E-state index < -0.39 is 11.6 Å². The van der Waals surface area contributed by atoms with Gasteiger partial charge >= 0.3 is 6.03 Å². The van der Waals surface area contributed by atoms with Crippen LogP contribution >= 0.6 is 12.4 Å². The molecule has 166 valence electrons. The average molecular weight is 429 g/mol. The van der Waals surface area contributed by atoms with Gasteiger partial charge in [0.1, 0.15) is 12.1 Å². The Balaban J connectivity index is 0.00000300. The molecule has 4 N–H and O–H groups in total. The highest BCUT2D eigenvalue weighted by Gasteiger charge is 2.54. The average Bonchev–Trinajstić information content (AvgIpc) is 3.22. The molecule has 1 spiro atoms. The highest BCUT2D eigenvalue weighted by molar-refractivity contribution is 6.09. The summed E-state index contributed by atoms with van der Waals surface area (Å²) in [6, 6.07) is -0.443. The SMILES string of the molecule is CCC(C)(C)C1CCC2(CC1)NC(=O)N(CC(=O)NC1(CN)CCCC1)C2=O.Cl. The number of urea groups is 1. The molecule has 8 heteroatoms. The van der Waals surface area contributed by atoms with Crippen molar-refractivity contribution >= 4 is 30.3 Å². The van der Waals surface area contributed by atoms with Gasteiger partial charge in [-0.25, -0.2) is 4.79 Å². The van der Waals surface area contributed by atoms with E-state index in [1.807, 2.05) is 0 Å². The lowest BCUT2D eigenvalue weighted by Gasteiger charge is -2.42. The molecule has 0 radical (unpaired) electrons. The molecule has 2 aliphatic carbocycles. The van der Waals surface area contributed by atoms with Crippen LogP contribution in [0.2, 0.25) is 0 Å². The predicted molar refractivity (Wildman–Crippen MR) is 115 cm³/mol. The van der Waals surface area contributed by atoms with Crippen LogP contribution in [0, 0.1) is 11.3 Å². The monoisotopic (exact) mass is 428 g/mol. The Morgan fingerprint density at radius 3 is 2.31 bits per heavy atom. The molecule has 4 amide bonds. The van der Waals surface area contributed by atoms with E-state index in [2.05, 4.69) is 31.4 Å². The van der Waals surface area contributed by atoms with E-state index in [4.69, 9.17) is 5.73 Å². The summed E-state index contributed by atoms with van der Waals surface area (Å²) in [5.41, 5.74) is 4.92. The highest BCUT2D eigenvalue weighted by Crippen LogP contribution is 2.45. The summed E-state index contributed by atoms with van der Waals surface area (Å²) in [5.74, 6) is 0.0132. The van der Waals surface area contributed by atoms with Crippen LogP contribution in [0.15, 0.2) is 0 Å². The summed E-state index contributed by atoms with van der Waals surface area (Å²) < 4.78 is 0. The van der Waals surface area contributed by atoms with Crippen molar-refractivity contribution in [3.05, 3.63) is 0 Å². The first-order valence-electron chi connectivity index (χ1n) is 10.8. The van der Waals surface area contributed by atoms with Crippen molar-refractivity contribution in [2.75, 3.05) is 13.1 Å². The first kappa shape index (κ1) is 23.9. The summed E-state index contributed by atoms with van der Waals surface area (Å²) in [4.78, 5) is 39.2. The van der Waals surface area contributed by atoms with Crippen molar-refractivity contribution in [1.29, 1.82) is 0 Å². The third-order valence-electron chi connectivity index (χ3n) is 7.76. The third kappa shape index (κ3) is 4.55. The summed E-state index contributed by atoms with van der Waals surface area (Å²) in [6.07, 6.45) is 8.03. The van der Waals surface area contributed by atoms with Gasteiger partial charge in [-0.05, 0) is 49.9 Å². The fourth-order valence-electron chi connectivity index (χ4n) is 5.25.